The molecule has 1 saturated carbocycles. The Hall–Kier alpha value is -0.130. The van der Waals surface area contributed by atoms with Crippen LogP contribution in [-0.2, 0) is 10.1 Å². The molecule has 0 amide bonds. The van der Waals surface area contributed by atoms with Crippen LogP contribution in [0.1, 0.15) is 25.7 Å². The van der Waals surface area contributed by atoms with Crippen molar-refractivity contribution >= 4 is 10.1 Å². The van der Waals surface area contributed by atoms with Crippen molar-refractivity contribution in [2.75, 3.05) is 6.54 Å². The molecular formula is C8H15NO3S. The Morgan fingerprint density at radius 1 is 1.23 bits per heavy atom. The second kappa shape index (κ2) is 3.22. The van der Waals surface area contributed by atoms with Crippen molar-refractivity contribution in [3.8, 4) is 0 Å². The van der Waals surface area contributed by atoms with Crippen molar-refractivity contribution in [3.63, 3.8) is 0 Å². The van der Waals surface area contributed by atoms with Crippen LogP contribution in [0.3, 0.4) is 0 Å². The Morgan fingerprint density at radius 3 is 2.69 bits per heavy atom. The largest absolute Gasteiger partial charge is 0.314 e. The lowest BCUT2D eigenvalue weighted by Crippen LogP contribution is -2.38. The van der Waals surface area contributed by atoms with Gasteiger partial charge in [0.25, 0.3) is 10.1 Å². The maximum absolute atomic E-state index is 10.9. The van der Waals surface area contributed by atoms with E-state index in [0.717, 1.165) is 19.4 Å². The fraction of sp³-hybridized carbons (Fsp3) is 1.00. The molecule has 0 aromatic rings. The number of nitrogens with one attached hydrogen (secondary N) is 1. The van der Waals surface area contributed by atoms with E-state index in [2.05, 4.69) is 5.32 Å². The number of fused-ring (bicyclic) bond motifs is 1. The molecule has 76 valence electrons. The highest BCUT2D eigenvalue weighted by Crippen LogP contribution is 2.33. The van der Waals surface area contributed by atoms with Gasteiger partial charge in [-0.05, 0) is 38.1 Å². The Labute approximate surface area is 78.5 Å². The number of hydrogen-bond donors (Lipinski definition) is 2. The van der Waals surface area contributed by atoms with Crippen LogP contribution in [0.25, 0.3) is 0 Å². The summed E-state index contributed by atoms with van der Waals surface area (Å²) in [4.78, 5) is 0. The molecule has 1 saturated heterocycles. The van der Waals surface area contributed by atoms with Crippen LogP contribution in [0.15, 0.2) is 0 Å². The zero-order valence-corrected chi connectivity index (χ0v) is 8.26. The molecule has 13 heavy (non-hydrogen) atoms. The van der Waals surface area contributed by atoms with Crippen molar-refractivity contribution in [1.82, 2.24) is 5.32 Å². The van der Waals surface area contributed by atoms with Gasteiger partial charge in [-0.3, -0.25) is 4.55 Å². The van der Waals surface area contributed by atoms with Crippen molar-refractivity contribution in [2.45, 2.75) is 37.0 Å². The minimum Gasteiger partial charge on any atom is -0.314 e. The molecule has 4 nitrogen and oxygen atoms in total. The fourth-order valence-electron chi connectivity index (χ4n) is 2.51. The van der Waals surface area contributed by atoms with E-state index in [1.165, 1.54) is 0 Å². The lowest BCUT2D eigenvalue weighted by Gasteiger charge is -2.29. The van der Waals surface area contributed by atoms with Crippen molar-refractivity contribution < 1.29 is 13.0 Å². The molecule has 2 fully saturated rings. The number of hydrogen-bond acceptors (Lipinski definition) is 3. The van der Waals surface area contributed by atoms with E-state index in [9.17, 15) is 8.42 Å². The molecule has 1 aliphatic heterocycles. The second-order valence-electron chi connectivity index (χ2n) is 4.06. The Kier molecular flexibility index (Phi) is 2.33. The van der Waals surface area contributed by atoms with Crippen LogP contribution < -0.4 is 5.32 Å². The van der Waals surface area contributed by atoms with Gasteiger partial charge in [0.2, 0.25) is 0 Å². The van der Waals surface area contributed by atoms with Gasteiger partial charge in [0.15, 0.2) is 0 Å². The standard InChI is InChI=1S/C8H15NO3S/c10-13(11,12)7-2-1-6-3-4-9-8(6)5-7/h6-9H,1-5H2,(H,10,11,12)/t6-,7-,8+/m0/s1. The summed E-state index contributed by atoms with van der Waals surface area (Å²) in [5.74, 6) is 0.637. The molecule has 2 aliphatic rings. The molecule has 0 radical (unpaired) electrons. The Balaban J connectivity index is 2.05. The molecule has 2 rings (SSSR count). The maximum atomic E-state index is 10.9. The molecule has 3 atom stereocenters. The third-order valence-corrected chi connectivity index (χ3v) is 4.56. The second-order valence-corrected chi connectivity index (χ2v) is 5.76. The monoisotopic (exact) mass is 205 g/mol. The first-order chi connectivity index (χ1) is 6.07. The van der Waals surface area contributed by atoms with Gasteiger partial charge in [0.1, 0.15) is 0 Å². The SMILES string of the molecule is O=S(=O)(O)[C@H]1CC[C@H]2CCN[C@@H]2C1. The van der Waals surface area contributed by atoms with E-state index in [1.54, 1.807) is 0 Å². The zero-order valence-electron chi connectivity index (χ0n) is 7.44. The number of rotatable bonds is 1. The lowest BCUT2D eigenvalue weighted by molar-refractivity contribution is 0.315. The minimum absolute atomic E-state index is 0.320. The lowest BCUT2D eigenvalue weighted by atomic mass is 9.85. The smallest absolute Gasteiger partial charge is 0.267 e. The third kappa shape index (κ3) is 1.87. The Morgan fingerprint density at radius 2 is 2.00 bits per heavy atom. The first kappa shape index (κ1) is 9.43. The van der Waals surface area contributed by atoms with Crippen molar-refractivity contribution in [2.24, 2.45) is 5.92 Å². The van der Waals surface area contributed by atoms with Gasteiger partial charge in [-0.1, -0.05) is 0 Å². The molecular weight excluding hydrogens is 190 g/mol. The van der Waals surface area contributed by atoms with E-state index in [-0.39, 0.29) is 0 Å². The van der Waals surface area contributed by atoms with Gasteiger partial charge >= 0.3 is 0 Å². The van der Waals surface area contributed by atoms with Crippen LogP contribution >= 0.6 is 0 Å². The van der Waals surface area contributed by atoms with Crippen LogP contribution in [0.2, 0.25) is 0 Å². The van der Waals surface area contributed by atoms with Gasteiger partial charge < -0.3 is 5.32 Å². The summed E-state index contributed by atoms with van der Waals surface area (Å²) in [6.45, 7) is 0.994. The van der Waals surface area contributed by atoms with Crippen LogP contribution in [0, 0.1) is 5.92 Å². The normalized spacial score (nSPS) is 40.2. The predicted octanol–water partition coefficient (Wildman–Crippen LogP) is 0.405. The van der Waals surface area contributed by atoms with Crippen LogP contribution in [0.4, 0.5) is 0 Å². The first-order valence-corrected chi connectivity index (χ1v) is 6.27. The van der Waals surface area contributed by atoms with Gasteiger partial charge in [-0.2, -0.15) is 8.42 Å². The van der Waals surface area contributed by atoms with Gasteiger partial charge in [0.05, 0.1) is 5.25 Å². The zero-order chi connectivity index (χ0) is 9.47. The highest BCUT2D eigenvalue weighted by atomic mass is 32.2. The summed E-state index contributed by atoms with van der Waals surface area (Å²) in [6.07, 6.45) is 3.30. The van der Waals surface area contributed by atoms with E-state index in [4.69, 9.17) is 4.55 Å². The predicted molar refractivity (Wildman–Crippen MR) is 49.1 cm³/mol. The quantitative estimate of drug-likeness (QED) is 0.608. The minimum atomic E-state index is -3.80. The average molecular weight is 205 g/mol. The highest BCUT2D eigenvalue weighted by Gasteiger charge is 2.38. The first-order valence-electron chi connectivity index (χ1n) is 4.77. The molecule has 1 heterocycles. The summed E-state index contributed by atoms with van der Waals surface area (Å²) >= 11 is 0. The topological polar surface area (TPSA) is 66.4 Å². The Bertz CT molecular complexity index is 288. The molecule has 1 aliphatic carbocycles. The van der Waals surface area contributed by atoms with Crippen molar-refractivity contribution in [3.05, 3.63) is 0 Å². The molecule has 0 bridgehead atoms. The molecule has 0 aromatic carbocycles. The van der Waals surface area contributed by atoms with Crippen molar-refractivity contribution in [1.29, 1.82) is 0 Å². The summed E-state index contributed by atoms with van der Waals surface area (Å²) in [6, 6.07) is 0.320. The van der Waals surface area contributed by atoms with Crippen LogP contribution in [-0.4, -0.2) is 30.8 Å². The van der Waals surface area contributed by atoms with E-state index < -0.39 is 15.4 Å². The van der Waals surface area contributed by atoms with Gasteiger partial charge in [0, 0.05) is 6.04 Å². The molecule has 0 aromatic heterocycles. The van der Waals surface area contributed by atoms with Gasteiger partial charge in [-0.25, -0.2) is 0 Å². The molecule has 2 N–H and O–H groups in total. The summed E-state index contributed by atoms with van der Waals surface area (Å²) in [5.41, 5.74) is 0. The molecule has 0 spiro atoms. The highest BCUT2D eigenvalue weighted by molar-refractivity contribution is 7.86. The molecule has 0 unspecified atom stereocenters. The summed E-state index contributed by atoms with van der Waals surface area (Å²) in [7, 11) is -3.80. The summed E-state index contributed by atoms with van der Waals surface area (Å²) < 4.78 is 30.7. The van der Waals surface area contributed by atoms with E-state index >= 15 is 0 Å². The van der Waals surface area contributed by atoms with Crippen LogP contribution in [0.5, 0.6) is 0 Å². The van der Waals surface area contributed by atoms with E-state index in [1.807, 2.05) is 0 Å². The summed E-state index contributed by atoms with van der Waals surface area (Å²) in [5, 5.41) is 2.76. The van der Waals surface area contributed by atoms with E-state index in [0.29, 0.717) is 24.8 Å². The van der Waals surface area contributed by atoms with Gasteiger partial charge in [-0.15, -0.1) is 0 Å². The average Bonchev–Trinajstić information content (AvgIpc) is 2.47. The fourth-order valence-corrected chi connectivity index (χ4v) is 3.40. The maximum Gasteiger partial charge on any atom is 0.267 e. The third-order valence-electron chi connectivity index (χ3n) is 3.29. The molecule has 5 heteroatoms.